The minimum Gasteiger partial charge on any atom is -0.387 e. The Morgan fingerprint density at radius 1 is 1.43 bits per heavy atom. The molecule has 0 spiro atoms. The van der Waals surface area contributed by atoms with Crippen molar-refractivity contribution in [1.29, 1.82) is 0 Å². The lowest BCUT2D eigenvalue weighted by molar-refractivity contribution is -0.0543. The van der Waals surface area contributed by atoms with Gasteiger partial charge in [-0.05, 0) is 0 Å². The summed E-state index contributed by atoms with van der Waals surface area (Å²) in [6, 6.07) is 1.02. The number of phosphoric ester groups is 1. The largest absolute Gasteiger partial charge is 0.469 e. The van der Waals surface area contributed by atoms with Gasteiger partial charge in [-0.15, -0.1) is 0 Å². The zero-order valence-corrected chi connectivity index (χ0v) is 11.3. The highest BCUT2D eigenvalue weighted by Gasteiger charge is 2.44. The number of phosphoric acid groups is 1. The van der Waals surface area contributed by atoms with Crippen molar-refractivity contribution in [3.8, 4) is 0 Å². The summed E-state index contributed by atoms with van der Waals surface area (Å²) in [5.74, 6) is 0. The predicted molar refractivity (Wildman–Crippen MR) is 65.2 cm³/mol. The van der Waals surface area contributed by atoms with E-state index in [0.29, 0.717) is 0 Å². The second-order valence-electron chi connectivity index (χ2n) is 4.35. The number of rotatable bonds is 4. The van der Waals surface area contributed by atoms with Crippen LogP contribution in [-0.4, -0.2) is 54.5 Å². The van der Waals surface area contributed by atoms with Gasteiger partial charge in [0.2, 0.25) is 0 Å². The maximum Gasteiger partial charge on any atom is 0.469 e. The van der Waals surface area contributed by atoms with Crippen LogP contribution in [0, 0.1) is 0 Å². The third-order valence-electron chi connectivity index (χ3n) is 2.87. The van der Waals surface area contributed by atoms with Crippen molar-refractivity contribution in [3.63, 3.8) is 0 Å². The Bertz CT molecular complexity index is 664. The van der Waals surface area contributed by atoms with E-state index in [1.54, 1.807) is 0 Å². The molecule has 0 amide bonds. The molecule has 0 aromatic carbocycles. The number of aliphatic hydroxyl groups excluding tert-OH is 2. The van der Waals surface area contributed by atoms with E-state index in [9.17, 15) is 24.4 Å². The predicted octanol–water partition coefficient (Wildman–Crippen LogP) is -2.73. The molecule has 0 unspecified atom stereocenters. The second kappa shape index (κ2) is 5.81. The zero-order valence-electron chi connectivity index (χ0n) is 10.4. The van der Waals surface area contributed by atoms with Crippen LogP contribution in [0.4, 0.5) is 0 Å². The van der Waals surface area contributed by atoms with Crippen LogP contribution in [0.2, 0.25) is 0 Å². The van der Waals surface area contributed by atoms with E-state index >= 15 is 0 Å². The van der Waals surface area contributed by atoms with E-state index in [0.717, 1.165) is 16.8 Å². The molecule has 1 aromatic heterocycles. The fourth-order valence-corrected chi connectivity index (χ4v) is 2.24. The standard InChI is InChI=1S/C9H13N2O9P/c12-5-1-2-11(9(15)10-5)8-7(14)6(13)4(20-8)3-19-21(16,17)18/h1-2,4,6-8,13-14H,3H2,(H,10,12,15)(H2,16,17,18)/t4-,6-,7-,8-/m1/s1/i15+2. The first-order chi connectivity index (χ1) is 9.69. The molecule has 0 saturated carbocycles. The highest BCUT2D eigenvalue weighted by molar-refractivity contribution is 7.46. The van der Waals surface area contributed by atoms with E-state index in [4.69, 9.17) is 14.5 Å². The van der Waals surface area contributed by atoms with Crippen LogP contribution in [-0.2, 0) is 13.8 Å². The Hall–Kier alpha value is -1.33. The topological polar surface area (TPSA) is 171 Å². The summed E-state index contributed by atoms with van der Waals surface area (Å²) in [7, 11) is -4.76. The minimum atomic E-state index is -4.76. The molecule has 0 aliphatic carbocycles. The molecule has 11 nitrogen and oxygen atoms in total. The average Bonchev–Trinajstić information content (AvgIpc) is 2.64. The van der Waals surface area contributed by atoms with Crippen LogP contribution in [0.3, 0.4) is 0 Å². The third kappa shape index (κ3) is 3.66. The summed E-state index contributed by atoms with van der Waals surface area (Å²) in [5.41, 5.74) is -1.51. The first kappa shape index (κ1) is 16.0. The van der Waals surface area contributed by atoms with E-state index in [1.807, 2.05) is 4.98 Å². The first-order valence-corrected chi connectivity index (χ1v) is 7.25. The third-order valence-corrected chi connectivity index (χ3v) is 3.35. The van der Waals surface area contributed by atoms with Crippen LogP contribution >= 0.6 is 7.82 Å². The molecule has 0 radical (unpaired) electrons. The van der Waals surface area contributed by atoms with Gasteiger partial charge in [0, 0.05) is 12.3 Å². The first-order valence-electron chi connectivity index (χ1n) is 5.72. The number of nitrogens with one attached hydrogen (secondary N) is 1. The number of aromatic nitrogens is 2. The van der Waals surface area contributed by atoms with Crippen LogP contribution < -0.4 is 11.2 Å². The van der Waals surface area contributed by atoms with Gasteiger partial charge in [0.05, 0.1) is 6.61 Å². The van der Waals surface area contributed by atoms with Crippen molar-refractivity contribution in [2.45, 2.75) is 24.5 Å². The number of aliphatic hydroxyl groups is 2. The van der Waals surface area contributed by atoms with Crippen LogP contribution in [0.15, 0.2) is 21.9 Å². The molecular formula is C9H13N2O9P. The highest BCUT2D eigenvalue weighted by atomic mass is 31.2. The lowest BCUT2D eigenvalue weighted by Crippen LogP contribution is -2.37. The summed E-state index contributed by atoms with van der Waals surface area (Å²) in [6.45, 7) is -0.683. The molecule has 4 atom stereocenters. The van der Waals surface area contributed by atoms with Crippen molar-refractivity contribution in [2.24, 2.45) is 0 Å². The lowest BCUT2D eigenvalue weighted by Gasteiger charge is -2.16. The number of hydrogen-bond donors (Lipinski definition) is 5. The summed E-state index contributed by atoms with van der Waals surface area (Å²) in [5, 5.41) is 19.6. The monoisotopic (exact) mass is 326 g/mol. The zero-order chi connectivity index (χ0) is 15.8. The normalized spacial score (nSPS) is 29.7. The Labute approximate surface area is 116 Å². The Morgan fingerprint density at radius 2 is 2.10 bits per heavy atom. The van der Waals surface area contributed by atoms with Gasteiger partial charge in [0.25, 0.3) is 5.56 Å². The maximum atomic E-state index is 11.6. The maximum absolute atomic E-state index is 11.6. The molecule has 12 heteroatoms. The Morgan fingerprint density at radius 3 is 2.67 bits per heavy atom. The molecule has 1 aliphatic heterocycles. The van der Waals surface area contributed by atoms with Gasteiger partial charge in [0.1, 0.15) is 18.3 Å². The fourth-order valence-electron chi connectivity index (χ4n) is 1.89. The summed E-state index contributed by atoms with van der Waals surface area (Å²) >= 11 is 0. The molecule has 1 fully saturated rings. The van der Waals surface area contributed by atoms with Crippen molar-refractivity contribution in [1.82, 2.24) is 9.55 Å². The van der Waals surface area contributed by atoms with Crippen molar-refractivity contribution in [2.75, 3.05) is 6.61 Å². The van der Waals surface area contributed by atoms with Crippen molar-refractivity contribution in [3.05, 3.63) is 33.1 Å². The number of hydrogen-bond acceptors (Lipinski definition) is 7. The smallest absolute Gasteiger partial charge is 0.387 e. The molecule has 2 heterocycles. The average molecular weight is 326 g/mol. The molecule has 21 heavy (non-hydrogen) atoms. The quantitative estimate of drug-likeness (QED) is 0.291. The lowest BCUT2D eigenvalue weighted by atomic mass is 10.1. The number of aromatic amines is 1. The van der Waals surface area contributed by atoms with E-state index < -0.39 is 50.2 Å². The van der Waals surface area contributed by atoms with Gasteiger partial charge in [-0.1, -0.05) is 0 Å². The van der Waals surface area contributed by atoms with E-state index in [1.165, 1.54) is 0 Å². The number of H-pyrrole nitrogens is 1. The molecule has 1 aliphatic rings. The SMILES string of the molecule is O=c1ccn([C@@H]2O[C@H](COP(=O)(O)O)[C@@H](O)[C@H]2O)c(=[18O])[nH]1. The van der Waals surface area contributed by atoms with Gasteiger partial charge in [-0.25, -0.2) is 9.36 Å². The second-order valence-corrected chi connectivity index (χ2v) is 5.59. The number of nitrogens with zero attached hydrogens (tertiary/aromatic N) is 1. The molecule has 118 valence electrons. The highest BCUT2D eigenvalue weighted by Crippen LogP contribution is 2.38. The van der Waals surface area contributed by atoms with E-state index in [2.05, 4.69) is 4.52 Å². The summed E-state index contributed by atoms with van der Waals surface area (Å²) in [4.78, 5) is 41.6. The minimum absolute atomic E-state index is 0.648. The Kier molecular flexibility index (Phi) is 4.44. The van der Waals surface area contributed by atoms with Gasteiger partial charge >= 0.3 is 13.5 Å². The van der Waals surface area contributed by atoms with Crippen molar-refractivity contribution >= 4 is 7.82 Å². The Balaban J connectivity index is 2.18. The van der Waals surface area contributed by atoms with Crippen LogP contribution in [0.1, 0.15) is 6.23 Å². The fraction of sp³-hybridized carbons (Fsp3) is 0.556. The van der Waals surface area contributed by atoms with Gasteiger partial charge < -0.3 is 24.7 Å². The van der Waals surface area contributed by atoms with Gasteiger partial charge in [0.15, 0.2) is 6.23 Å². The summed E-state index contributed by atoms with van der Waals surface area (Å²) in [6.07, 6.45) is -4.58. The molecular weight excluding hydrogens is 313 g/mol. The number of ether oxygens (including phenoxy) is 1. The van der Waals surface area contributed by atoms with Gasteiger partial charge in [-0.2, -0.15) is 0 Å². The van der Waals surface area contributed by atoms with E-state index in [-0.39, 0.29) is 0 Å². The van der Waals surface area contributed by atoms with Gasteiger partial charge in [-0.3, -0.25) is 18.9 Å². The van der Waals surface area contributed by atoms with Crippen LogP contribution in [0.5, 0.6) is 0 Å². The summed E-state index contributed by atoms with van der Waals surface area (Å²) < 4.78 is 20.8. The van der Waals surface area contributed by atoms with Crippen molar-refractivity contribution < 1.29 is 33.8 Å². The molecule has 5 N–H and O–H groups in total. The molecule has 1 saturated heterocycles. The molecule has 2 rings (SSSR count). The molecule has 0 bridgehead atoms. The molecule has 1 aromatic rings. The van der Waals surface area contributed by atoms with Crippen LogP contribution in [0.25, 0.3) is 0 Å².